The summed E-state index contributed by atoms with van der Waals surface area (Å²) >= 11 is 0. The van der Waals surface area contributed by atoms with E-state index in [9.17, 15) is 4.79 Å². The summed E-state index contributed by atoms with van der Waals surface area (Å²) in [5, 5.41) is 9.50. The number of guanidine groups is 1. The zero-order valence-electron chi connectivity index (χ0n) is 18.4. The molecule has 1 aliphatic rings. The quantitative estimate of drug-likeness (QED) is 0.225. The fourth-order valence-electron chi connectivity index (χ4n) is 3.52. The van der Waals surface area contributed by atoms with E-state index in [4.69, 9.17) is 9.73 Å². The van der Waals surface area contributed by atoms with Crippen molar-refractivity contribution in [1.82, 2.24) is 20.9 Å². The molecule has 1 fully saturated rings. The molecular formula is C20H42IN5O2. The number of rotatable bonds is 11. The number of carbonyl (C=O) groups excluding carboxylic acids is 1. The Morgan fingerprint density at radius 3 is 2.29 bits per heavy atom. The number of hydrogen-bond acceptors (Lipinski definition) is 4. The molecule has 0 aromatic rings. The summed E-state index contributed by atoms with van der Waals surface area (Å²) in [5.41, 5.74) is 0. The smallest absolute Gasteiger partial charge is 0.221 e. The zero-order valence-corrected chi connectivity index (χ0v) is 20.8. The molecule has 1 unspecified atom stereocenters. The van der Waals surface area contributed by atoms with Crippen LogP contribution < -0.4 is 16.0 Å². The van der Waals surface area contributed by atoms with E-state index in [1.807, 2.05) is 13.8 Å². The number of morpholine rings is 1. The lowest BCUT2D eigenvalue weighted by molar-refractivity contribution is -0.121. The third-order valence-electron chi connectivity index (χ3n) is 4.98. The minimum Gasteiger partial charge on any atom is -0.379 e. The van der Waals surface area contributed by atoms with Crippen molar-refractivity contribution in [3.8, 4) is 0 Å². The molecule has 8 heteroatoms. The van der Waals surface area contributed by atoms with Crippen LogP contribution in [-0.4, -0.2) is 74.8 Å². The van der Waals surface area contributed by atoms with Gasteiger partial charge < -0.3 is 20.7 Å². The van der Waals surface area contributed by atoms with Crippen LogP contribution in [0.25, 0.3) is 0 Å². The Hall–Kier alpha value is -0.610. The molecule has 0 spiro atoms. The highest BCUT2D eigenvalue weighted by Crippen LogP contribution is 2.20. The molecule has 0 aliphatic carbocycles. The van der Waals surface area contributed by atoms with Crippen molar-refractivity contribution in [2.75, 3.05) is 45.9 Å². The summed E-state index contributed by atoms with van der Waals surface area (Å²) in [6.45, 7) is 16.3. The predicted octanol–water partition coefficient (Wildman–Crippen LogP) is 2.21. The van der Waals surface area contributed by atoms with Gasteiger partial charge in [-0.1, -0.05) is 26.7 Å². The summed E-state index contributed by atoms with van der Waals surface area (Å²) in [6.07, 6.45) is 2.77. The Morgan fingerprint density at radius 1 is 1.11 bits per heavy atom. The van der Waals surface area contributed by atoms with Crippen molar-refractivity contribution < 1.29 is 9.53 Å². The van der Waals surface area contributed by atoms with Gasteiger partial charge in [-0.05, 0) is 26.7 Å². The number of nitrogens with zero attached hydrogens (tertiary/aromatic N) is 2. The first kappa shape index (κ1) is 27.4. The molecule has 1 saturated heterocycles. The minimum atomic E-state index is 0. The van der Waals surface area contributed by atoms with Crippen LogP contribution in [0, 0.1) is 5.92 Å². The first-order chi connectivity index (χ1) is 13.0. The maximum Gasteiger partial charge on any atom is 0.221 e. The third kappa shape index (κ3) is 10.8. The second kappa shape index (κ2) is 16.2. The summed E-state index contributed by atoms with van der Waals surface area (Å²) in [6, 6.07) is 0.609. The van der Waals surface area contributed by atoms with Crippen LogP contribution >= 0.6 is 24.0 Å². The Bertz CT molecular complexity index is 438. The Morgan fingerprint density at radius 2 is 1.75 bits per heavy atom. The number of ether oxygens (including phenoxy) is 1. The fourth-order valence-corrected chi connectivity index (χ4v) is 3.52. The van der Waals surface area contributed by atoms with Crippen LogP contribution in [0.15, 0.2) is 4.99 Å². The van der Waals surface area contributed by atoms with Gasteiger partial charge in [-0.3, -0.25) is 14.7 Å². The van der Waals surface area contributed by atoms with Crippen molar-refractivity contribution in [3.63, 3.8) is 0 Å². The molecule has 166 valence electrons. The molecule has 1 heterocycles. The van der Waals surface area contributed by atoms with Gasteiger partial charge in [0.05, 0.1) is 19.8 Å². The molecule has 28 heavy (non-hydrogen) atoms. The average Bonchev–Trinajstić information content (AvgIpc) is 2.65. The van der Waals surface area contributed by atoms with E-state index in [0.29, 0.717) is 24.9 Å². The zero-order chi connectivity index (χ0) is 20.1. The minimum absolute atomic E-state index is 0. The van der Waals surface area contributed by atoms with Gasteiger partial charge in [0.2, 0.25) is 5.91 Å². The van der Waals surface area contributed by atoms with Gasteiger partial charge in [-0.15, -0.1) is 24.0 Å². The Labute approximate surface area is 188 Å². The fraction of sp³-hybridized carbons (Fsp3) is 0.900. The Kier molecular flexibility index (Phi) is 15.9. The standard InChI is InChI=1S/C20H41N5O2.HI/c1-6-17(7-2)18(25-11-13-27-14-12-25)15-23-20(21-8-3)22-10-9-19(26)24-16(4)5;/h16-18H,6-15H2,1-5H3,(H,24,26)(H2,21,22,23);1H. The molecule has 0 aromatic carbocycles. The molecule has 1 aliphatic heterocycles. The number of halogens is 1. The summed E-state index contributed by atoms with van der Waals surface area (Å²) in [7, 11) is 0. The number of amides is 1. The maximum atomic E-state index is 11.8. The Balaban J connectivity index is 0.00000729. The van der Waals surface area contributed by atoms with E-state index in [1.165, 1.54) is 0 Å². The third-order valence-corrected chi connectivity index (χ3v) is 4.98. The van der Waals surface area contributed by atoms with Gasteiger partial charge in [0.1, 0.15) is 0 Å². The number of aliphatic imine (C=N–C) groups is 1. The highest BCUT2D eigenvalue weighted by molar-refractivity contribution is 14.0. The van der Waals surface area contributed by atoms with Crippen molar-refractivity contribution >= 4 is 35.8 Å². The topological polar surface area (TPSA) is 78.0 Å². The molecule has 1 rings (SSSR count). The van der Waals surface area contributed by atoms with Gasteiger partial charge in [0.15, 0.2) is 5.96 Å². The van der Waals surface area contributed by atoms with Crippen LogP contribution in [0.2, 0.25) is 0 Å². The molecule has 3 N–H and O–H groups in total. The number of carbonyl (C=O) groups is 1. The molecular weight excluding hydrogens is 469 g/mol. The van der Waals surface area contributed by atoms with E-state index in [0.717, 1.165) is 58.2 Å². The van der Waals surface area contributed by atoms with Gasteiger partial charge >= 0.3 is 0 Å². The highest BCUT2D eigenvalue weighted by atomic mass is 127. The molecule has 0 aromatic heterocycles. The highest BCUT2D eigenvalue weighted by Gasteiger charge is 2.26. The normalized spacial score (nSPS) is 16.6. The van der Waals surface area contributed by atoms with Gasteiger partial charge in [0, 0.05) is 44.7 Å². The van der Waals surface area contributed by atoms with Gasteiger partial charge in [0.25, 0.3) is 0 Å². The first-order valence-electron chi connectivity index (χ1n) is 10.6. The molecule has 7 nitrogen and oxygen atoms in total. The van der Waals surface area contributed by atoms with Crippen LogP contribution in [0.3, 0.4) is 0 Å². The summed E-state index contributed by atoms with van der Waals surface area (Å²) in [5.74, 6) is 1.49. The average molecular weight is 511 g/mol. The second-order valence-corrected chi connectivity index (χ2v) is 7.41. The van der Waals surface area contributed by atoms with Crippen LogP contribution in [0.1, 0.15) is 53.9 Å². The first-order valence-corrected chi connectivity index (χ1v) is 10.6. The van der Waals surface area contributed by atoms with Gasteiger partial charge in [-0.25, -0.2) is 0 Å². The van der Waals surface area contributed by atoms with E-state index < -0.39 is 0 Å². The lowest BCUT2D eigenvalue weighted by Crippen LogP contribution is -2.49. The number of hydrogen-bond donors (Lipinski definition) is 3. The van der Waals surface area contributed by atoms with Crippen molar-refractivity contribution in [2.24, 2.45) is 10.9 Å². The van der Waals surface area contributed by atoms with Crippen molar-refractivity contribution in [2.45, 2.75) is 66.0 Å². The maximum absolute atomic E-state index is 11.8. The van der Waals surface area contributed by atoms with Crippen LogP contribution in [-0.2, 0) is 9.53 Å². The SMILES string of the molecule is CCNC(=NCC(C(CC)CC)N1CCOCC1)NCCC(=O)NC(C)C.I. The molecule has 0 saturated carbocycles. The summed E-state index contributed by atoms with van der Waals surface area (Å²) in [4.78, 5) is 19.2. The molecule has 1 amide bonds. The van der Waals surface area contributed by atoms with Crippen molar-refractivity contribution in [3.05, 3.63) is 0 Å². The molecule has 1 atom stereocenters. The van der Waals surface area contributed by atoms with E-state index in [2.05, 4.69) is 41.6 Å². The predicted molar refractivity (Wildman–Crippen MR) is 128 cm³/mol. The second-order valence-electron chi connectivity index (χ2n) is 7.41. The van der Waals surface area contributed by atoms with Crippen LogP contribution in [0.5, 0.6) is 0 Å². The monoisotopic (exact) mass is 511 g/mol. The van der Waals surface area contributed by atoms with Crippen molar-refractivity contribution in [1.29, 1.82) is 0 Å². The van der Waals surface area contributed by atoms with Gasteiger partial charge in [-0.2, -0.15) is 0 Å². The largest absolute Gasteiger partial charge is 0.379 e. The molecule has 0 radical (unpaired) electrons. The summed E-state index contributed by atoms with van der Waals surface area (Å²) < 4.78 is 5.52. The van der Waals surface area contributed by atoms with Crippen LogP contribution in [0.4, 0.5) is 0 Å². The number of nitrogens with one attached hydrogen (secondary N) is 3. The molecule has 0 bridgehead atoms. The lowest BCUT2D eigenvalue weighted by Gasteiger charge is -2.38. The van der Waals surface area contributed by atoms with E-state index in [-0.39, 0.29) is 35.9 Å². The van der Waals surface area contributed by atoms with E-state index in [1.54, 1.807) is 0 Å². The lowest BCUT2D eigenvalue weighted by atomic mass is 9.92. The van der Waals surface area contributed by atoms with E-state index >= 15 is 0 Å².